The lowest BCUT2D eigenvalue weighted by Crippen LogP contribution is -2.39. The summed E-state index contributed by atoms with van der Waals surface area (Å²) in [6.07, 6.45) is 4.89. The van der Waals surface area contributed by atoms with Gasteiger partial charge in [0, 0.05) is 32.5 Å². The molecule has 0 aliphatic heterocycles. The maximum Gasteiger partial charge on any atom is 0.279 e. The average molecular weight is 257 g/mol. The third-order valence-electron chi connectivity index (χ3n) is 2.41. The van der Waals surface area contributed by atoms with Gasteiger partial charge in [0.25, 0.3) is 10.2 Å². The first kappa shape index (κ1) is 14.1. The minimum atomic E-state index is -3.32. The van der Waals surface area contributed by atoms with Gasteiger partial charge in [-0.3, -0.25) is 4.98 Å². The molecular formula is C11H19N3O2S. The maximum absolute atomic E-state index is 11.7. The van der Waals surface area contributed by atoms with Gasteiger partial charge in [-0.2, -0.15) is 12.7 Å². The van der Waals surface area contributed by atoms with Crippen molar-refractivity contribution in [2.75, 3.05) is 20.1 Å². The monoisotopic (exact) mass is 257 g/mol. The molecule has 1 rings (SSSR count). The highest BCUT2D eigenvalue weighted by molar-refractivity contribution is 7.87. The van der Waals surface area contributed by atoms with Crippen LogP contribution in [0.3, 0.4) is 0 Å². The van der Waals surface area contributed by atoms with Crippen LogP contribution in [-0.4, -0.2) is 37.8 Å². The first-order valence-corrected chi connectivity index (χ1v) is 7.10. The van der Waals surface area contributed by atoms with Gasteiger partial charge in [0.2, 0.25) is 0 Å². The van der Waals surface area contributed by atoms with Crippen molar-refractivity contribution in [1.82, 2.24) is 14.0 Å². The fraction of sp³-hybridized carbons (Fsp3) is 0.545. The third kappa shape index (κ3) is 4.80. The van der Waals surface area contributed by atoms with E-state index in [9.17, 15) is 8.42 Å². The molecule has 1 aromatic rings. The molecule has 1 aromatic heterocycles. The van der Waals surface area contributed by atoms with E-state index in [4.69, 9.17) is 0 Å². The Balaban J connectivity index is 2.47. The normalized spacial score (nSPS) is 11.9. The zero-order valence-corrected chi connectivity index (χ0v) is 11.1. The second kappa shape index (κ2) is 6.68. The molecular weight excluding hydrogens is 238 g/mol. The molecule has 0 bridgehead atoms. The van der Waals surface area contributed by atoms with Crippen molar-refractivity contribution in [3.63, 3.8) is 0 Å². The van der Waals surface area contributed by atoms with Crippen LogP contribution < -0.4 is 4.72 Å². The molecule has 96 valence electrons. The van der Waals surface area contributed by atoms with E-state index >= 15 is 0 Å². The van der Waals surface area contributed by atoms with Crippen LogP contribution in [0, 0.1) is 0 Å². The Labute approximate surface area is 103 Å². The molecule has 5 nitrogen and oxygen atoms in total. The predicted molar refractivity (Wildman–Crippen MR) is 67.8 cm³/mol. The highest BCUT2D eigenvalue weighted by atomic mass is 32.2. The average Bonchev–Trinajstić information content (AvgIpc) is 2.34. The minimum Gasteiger partial charge on any atom is -0.265 e. The van der Waals surface area contributed by atoms with Crippen molar-refractivity contribution >= 4 is 10.2 Å². The summed E-state index contributed by atoms with van der Waals surface area (Å²) in [5, 5.41) is 0. The lowest BCUT2D eigenvalue weighted by Gasteiger charge is -2.17. The summed E-state index contributed by atoms with van der Waals surface area (Å²) in [6, 6.07) is 3.78. The number of nitrogens with zero attached hydrogens (tertiary/aromatic N) is 2. The Kier molecular flexibility index (Phi) is 5.54. The second-order valence-corrected chi connectivity index (χ2v) is 5.69. The summed E-state index contributed by atoms with van der Waals surface area (Å²) in [5.41, 5.74) is 1.08. The van der Waals surface area contributed by atoms with Crippen molar-refractivity contribution in [2.45, 2.75) is 19.8 Å². The minimum absolute atomic E-state index is 0.461. The van der Waals surface area contributed by atoms with Gasteiger partial charge in [0.05, 0.1) is 0 Å². The Morgan fingerprint density at radius 2 is 2.00 bits per heavy atom. The SMILES string of the molecule is CCCNS(=O)(=O)N(C)CCc1ccncc1. The number of hydrogen-bond donors (Lipinski definition) is 1. The number of nitrogens with one attached hydrogen (secondary N) is 1. The van der Waals surface area contributed by atoms with E-state index < -0.39 is 10.2 Å². The first-order valence-electron chi connectivity index (χ1n) is 5.66. The summed E-state index contributed by atoms with van der Waals surface area (Å²) in [5.74, 6) is 0. The van der Waals surface area contributed by atoms with Crippen LogP contribution in [0.5, 0.6) is 0 Å². The van der Waals surface area contributed by atoms with Crippen LogP contribution in [0.25, 0.3) is 0 Å². The van der Waals surface area contributed by atoms with E-state index in [-0.39, 0.29) is 0 Å². The third-order valence-corrected chi connectivity index (χ3v) is 3.98. The Morgan fingerprint density at radius 1 is 1.35 bits per heavy atom. The molecule has 0 amide bonds. The second-order valence-electron chi connectivity index (χ2n) is 3.83. The van der Waals surface area contributed by atoms with Crippen molar-refractivity contribution < 1.29 is 8.42 Å². The molecule has 6 heteroatoms. The number of rotatable bonds is 7. The van der Waals surface area contributed by atoms with Crippen LogP contribution in [0.15, 0.2) is 24.5 Å². The van der Waals surface area contributed by atoms with Crippen LogP contribution in [0.2, 0.25) is 0 Å². The number of hydrogen-bond acceptors (Lipinski definition) is 3. The molecule has 0 radical (unpaired) electrons. The van der Waals surface area contributed by atoms with Gasteiger partial charge in [-0.25, -0.2) is 4.72 Å². The molecule has 0 aliphatic carbocycles. The Hall–Kier alpha value is -0.980. The summed E-state index contributed by atoms with van der Waals surface area (Å²) < 4.78 is 27.3. The largest absolute Gasteiger partial charge is 0.279 e. The van der Waals surface area contributed by atoms with Crippen LogP contribution >= 0.6 is 0 Å². The van der Waals surface area contributed by atoms with E-state index in [1.54, 1.807) is 19.4 Å². The van der Waals surface area contributed by atoms with Crippen molar-refractivity contribution in [3.05, 3.63) is 30.1 Å². The highest BCUT2D eigenvalue weighted by Crippen LogP contribution is 2.01. The zero-order valence-electron chi connectivity index (χ0n) is 10.3. The lowest BCUT2D eigenvalue weighted by molar-refractivity contribution is 0.460. The van der Waals surface area contributed by atoms with Gasteiger partial charge in [-0.15, -0.1) is 0 Å². The zero-order chi connectivity index (χ0) is 12.7. The topological polar surface area (TPSA) is 62.3 Å². The van der Waals surface area contributed by atoms with Crippen LogP contribution in [0.4, 0.5) is 0 Å². The lowest BCUT2D eigenvalue weighted by atomic mass is 10.2. The van der Waals surface area contributed by atoms with Crippen LogP contribution in [-0.2, 0) is 16.6 Å². The van der Waals surface area contributed by atoms with E-state index in [1.807, 2.05) is 19.1 Å². The first-order chi connectivity index (χ1) is 8.06. The van der Waals surface area contributed by atoms with Gasteiger partial charge in [-0.1, -0.05) is 6.92 Å². The fourth-order valence-electron chi connectivity index (χ4n) is 1.30. The summed E-state index contributed by atoms with van der Waals surface area (Å²) in [4.78, 5) is 3.92. The molecule has 0 saturated carbocycles. The van der Waals surface area contributed by atoms with Crippen molar-refractivity contribution in [3.8, 4) is 0 Å². The van der Waals surface area contributed by atoms with Crippen molar-refractivity contribution in [1.29, 1.82) is 0 Å². The fourth-order valence-corrected chi connectivity index (χ4v) is 2.31. The summed E-state index contributed by atoms with van der Waals surface area (Å²) in [7, 11) is -1.74. The Morgan fingerprint density at radius 3 is 2.59 bits per heavy atom. The smallest absolute Gasteiger partial charge is 0.265 e. The van der Waals surface area contributed by atoms with E-state index in [2.05, 4.69) is 9.71 Å². The van der Waals surface area contributed by atoms with Gasteiger partial charge in [0.15, 0.2) is 0 Å². The molecule has 1 heterocycles. The summed E-state index contributed by atoms with van der Waals surface area (Å²) in [6.45, 7) is 2.87. The van der Waals surface area contributed by atoms with E-state index in [0.717, 1.165) is 12.0 Å². The molecule has 0 atom stereocenters. The number of likely N-dealkylation sites (N-methyl/N-ethyl adjacent to an activating group) is 1. The van der Waals surface area contributed by atoms with Gasteiger partial charge < -0.3 is 0 Å². The standard InChI is InChI=1S/C11H19N3O2S/c1-3-7-13-17(15,16)14(2)10-6-11-4-8-12-9-5-11/h4-5,8-9,13H,3,6-7,10H2,1-2H3. The number of aromatic nitrogens is 1. The molecule has 0 spiro atoms. The molecule has 0 saturated heterocycles. The molecule has 1 N–H and O–H groups in total. The number of pyridine rings is 1. The molecule has 0 fully saturated rings. The summed E-state index contributed by atoms with van der Waals surface area (Å²) >= 11 is 0. The maximum atomic E-state index is 11.7. The predicted octanol–water partition coefficient (Wildman–Crippen LogP) is 0.800. The Bertz CT molecular complexity index is 420. The quantitative estimate of drug-likeness (QED) is 0.786. The molecule has 0 aromatic carbocycles. The van der Waals surface area contributed by atoms with E-state index in [1.165, 1.54) is 4.31 Å². The van der Waals surface area contributed by atoms with E-state index in [0.29, 0.717) is 19.5 Å². The highest BCUT2D eigenvalue weighted by Gasteiger charge is 2.15. The van der Waals surface area contributed by atoms with Crippen molar-refractivity contribution in [2.24, 2.45) is 0 Å². The van der Waals surface area contributed by atoms with Gasteiger partial charge >= 0.3 is 0 Å². The van der Waals surface area contributed by atoms with Gasteiger partial charge in [-0.05, 0) is 30.5 Å². The van der Waals surface area contributed by atoms with Crippen LogP contribution in [0.1, 0.15) is 18.9 Å². The van der Waals surface area contributed by atoms with Gasteiger partial charge in [0.1, 0.15) is 0 Å². The molecule has 0 aliphatic rings. The molecule has 0 unspecified atom stereocenters. The molecule has 17 heavy (non-hydrogen) atoms.